The van der Waals surface area contributed by atoms with Gasteiger partial charge in [-0.1, -0.05) is 11.2 Å². The highest BCUT2D eigenvalue weighted by atomic mass is 32.2. The molecule has 0 bridgehead atoms. The Kier molecular flexibility index (Phi) is 5.00. The summed E-state index contributed by atoms with van der Waals surface area (Å²) in [5.41, 5.74) is 8.13. The second-order valence-electron chi connectivity index (χ2n) is 5.48. The van der Waals surface area contributed by atoms with E-state index in [1.165, 1.54) is 0 Å². The first-order valence-corrected chi connectivity index (χ1v) is 9.21. The molecule has 0 spiro atoms. The lowest BCUT2D eigenvalue weighted by Crippen LogP contribution is -2.37. The zero-order valence-electron chi connectivity index (χ0n) is 13.1. The number of anilines is 2. The van der Waals surface area contributed by atoms with Crippen LogP contribution in [-0.2, 0) is 21.7 Å². The Bertz CT molecular complexity index is 658. The number of nitrogens with zero attached hydrogens (tertiary/aromatic N) is 3. The maximum absolute atomic E-state index is 11.6. The molecule has 1 aliphatic rings. The zero-order chi connectivity index (χ0) is 16.2. The van der Waals surface area contributed by atoms with Crippen molar-refractivity contribution in [2.24, 2.45) is 0 Å². The minimum absolute atomic E-state index is 0.418. The van der Waals surface area contributed by atoms with E-state index in [9.17, 15) is 4.55 Å². The molecule has 3 rings (SSSR count). The highest BCUT2D eigenvalue weighted by Gasteiger charge is 2.17. The first-order valence-electron chi connectivity index (χ1n) is 7.48. The van der Waals surface area contributed by atoms with Crippen molar-refractivity contribution >= 4 is 22.7 Å². The Balaban J connectivity index is 1.98. The Labute approximate surface area is 138 Å². The highest BCUT2D eigenvalue weighted by Crippen LogP contribution is 2.22. The fourth-order valence-corrected chi connectivity index (χ4v) is 3.05. The van der Waals surface area contributed by atoms with Crippen molar-refractivity contribution in [3.8, 4) is 11.4 Å². The van der Waals surface area contributed by atoms with E-state index in [0.29, 0.717) is 30.5 Å². The van der Waals surface area contributed by atoms with Gasteiger partial charge < -0.3 is 19.9 Å². The van der Waals surface area contributed by atoms with Crippen LogP contribution >= 0.6 is 0 Å². The molecule has 0 amide bonds. The van der Waals surface area contributed by atoms with E-state index in [1.54, 1.807) is 6.26 Å². The summed E-state index contributed by atoms with van der Waals surface area (Å²) in [6, 6.07) is 9.39. The van der Waals surface area contributed by atoms with Gasteiger partial charge in [-0.15, -0.1) is 0 Å². The number of nitrogen functional groups attached to an aromatic ring is 1. The topological polar surface area (TPSA) is 87.3 Å². The van der Waals surface area contributed by atoms with E-state index in [4.69, 9.17) is 10.5 Å². The normalized spacial score (nSPS) is 16.3. The minimum Gasteiger partial charge on any atom is -0.616 e. The third kappa shape index (κ3) is 4.13. The number of morpholine rings is 1. The molecule has 1 fully saturated rings. The van der Waals surface area contributed by atoms with Gasteiger partial charge in [0.2, 0.25) is 0 Å². The molecule has 2 N–H and O–H groups in total. The number of benzene rings is 1. The van der Waals surface area contributed by atoms with Crippen LogP contribution in [0.15, 0.2) is 30.3 Å². The lowest BCUT2D eigenvalue weighted by atomic mass is 10.2. The minimum atomic E-state index is -0.952. The summed E-state index contributed by atoms with van der Waals surface area (Å²) in [5, 5.41) is 0. The average molecular weight is 332 g/mol. The molecule has 23 heavy (non-hydrogen) atoms. The van der Waals surface area contributed by atoms with Crippen molar-refractivity contribution in [2.75, 3.05) is 43.2 Å². The molecule has 6 nitrogen and oxygen atoms in total. The summed E-state index contributed by atoms with van der Waals surface area (Å²) in [6.45, 7) is 2.98. The quantitative estimate of drug-likeness (QED) is 0.673. The van der Waals surface area contributed by atoms with Crippen LogP contribution in [0.5, 0.6) is 0 Å². The molecule has 122 valence electrons. The third-order valence-electron chi connectivity index (χ3n) is 3.62. The SMILES string of the molecule is C[S+]([O-])Cc1cc(N2CCOCC2)nc(-c2ccc(N)cc2)n1. The van der Waals surface area contributed by atoms with E-state index >= 15 is 0 Å². The van der Waals surface area contributed by atoms with E-state index in [2.05, 4.69) is 14.9 Å². The van der Waals surface area contributed by atoms with Crippen molar-refractivity contribution in [2.45, 2.75) is 5.75 Å². The van der Waals surface area contributed by atoms with Crippen molar-refractivity contribution in [1.82, 2.24) is 9.97 Å². The number of ether oxygens (including phenoxy) is 1. The maximum Gasteiger partial charge on any atom is 0.161 e. The van der Waals surface area contributed by atoms with Gasteiger partial charge in [0.15, 0.2) is 5.82 Å². The zero-order valence-corrected chi connectivity index (χ0v) is 13.9. The van der Waals surface area contributed by atoms with E-state index < -0.39 is 11.2 Å². The molecule has 1 aromatic carbocycles. The first kappa shape index (κ1) is 16.0. The van der Waals surface area contributed by atoms with Gasteiger partial charge in [-0.05, 0) is 24.3 Å². The van der Waals surface area contributed by atoms with Crippen molar-refractivity contribution in [3.63, 3.8) is 0 Å². The lowest BCUT2D eigenvalue weighted by Gasteiger charge is -2.28. The molecule has 0 aliphatic carbocycles. The Hall–Kier alpha value is -1.83. The standard InChI is InChI=1S/C16H20N4O2S/c1-23(21)11-14-10-15(20-6-8-22-9-7-20)19-16(18-14)12-2-4-13(17)5-3-12/h2-5,10H,6-9,11,17H2,1H3. The molecular weight excluding hydrogens is 312 g/mol. The number of nitrogens with two attached hydrogens (primary N) is 1. The van der Waals surface area contributed by atoms with Gasteiger partial charge in [0, 0.05) is 30.4 Å². The van der Waals surface area contributed by atoms with Crippen LogP contribution in [0.3, 0.4) is 0 Å². The van der Waals surface area contributed by atoms with E-state index in [-0.39, 0.29) is 0 Å². The Morgan fingerprint density at radius 2 is 1.91 bits per heavy atom. The molecule has 0 radical (unpaired) electrons. The smallest absolute Gasteiger partial charge is 0.161 e. The van der Waals surface area contributed by atoms with E-state index in [1.807, 2.05) is 30.3 Å². The van der Waals surface area contributed by atoms with Crippen LogP contribution < -0.4 is 10.6 Å². The van der Waals surface area contributed by atoms with Crippen LogP contribution in [0.1, 0.15) is 5.69 Å². The number of hydrogen-bond acceptors (Lipinski definition) is 6. The molecular formula is C16H20N4O2S. The summed E-state index contributed by atoms with van der Waals surface area (Å²) in [6.07, 6.45) is 1.68. The summed E-state index contributed by atoms with van der Waals surface area (Å²) < 4.78 is 17.0. The second-order valence-corrected chi connectivity index (χ2v) is 6.92. The Morgan fingerprint density at radius 3 is 2.57 bits per heavy atom. The molecule has 2 aromatic rings. The van der Waals surface area contributed by atoms with Gasteiger partial charge in [0.1, 0.15) is 11.6 Å². The summed E-state index contributed by atoms with van der Waals surface area (Å²) in [4.78, 5) is 11.4. The molecule has 1 unspecified atom stereocenters. The lowest BCUT2D eigenvalue weighted by molar-refractivity contribution is 0.122. The predicted octanol–water partition coefficient (Wildman–Crippen LogP) is 1.44. The molecule has 1 aromatic heterocycles. The number of aromatic nitrogens is 2. The van der Waals surface area contributed by atoms with Crippen LogP contribution in [-0.4, -0.2) is 47.1 Å². The monoisotopic (exact) mass is 332 g/mol. The molecule has 0 saturated carbocycles. The van der Waals surface area contributed by atoms with Gasteiger partial charge in [0.25, 0.3) is 0 Å². The van der Waals surface area contributed by atoms with E-state index in [0.717, 1.165) is 30.2 Å². The van der Waals surface area contributed by atoms with Crippen LogP contribution in [0, 0.1) is 0 Å². The molecule has 1 atom stereocenters. The van der Waals surface area contributed by atoms with Crippen molar-refractivity contribution in [3.05, 3.63) is 36.0 Å². The summed E-state index contributed by atoms with van der Waals surface area (Å²) in [7, 11) is 0. The second kappa shape index (κ2) is 7.16. The van der Waals surface area contributed by atoms with Crippen LogP contribution in [0.2, 0.25) is 0 Å². The fourth-order valence-electron chi connectivity index (χ4n) is 2.48. The summed E-state index contributed by atoms with van der Waals surface area (Å²) in [5.74, 6) is 1.91. The molecule has 1 aliphatic heterocycles. The predicted molar refractivity (Wildman–Crippen MR) is 92.7 cm³/mol. The first-order chi connectivity index (χ1) is 11.1. The third-order valence-corrected chi connectivity index (χ3v) is 4.32. The van der Waals surface area contributed by atoms with Gasteiger partial charge in [0.05, 0.1) is 25.2 Å². The van der Waals surface area contributed by atoms with Crippen LogP contribution in [0.4, 0.5) is 11.5 Å². The average Bonchev–Trinajstić information content (AvgIpc) is 2.55. The van der Waals surface area contributed by atoms with Gasteiger partial charge in [-0.25, -0.2) is 9.97 Å². The molecule has 7 heteroatoms. The van der Waals surface area contributed by atoms with Gasteiger partial charge in [-0.3, -0.25) is 0 Å². The largest absolute Gasteiger partial charge is 0.616 e. The van der Waals surface area contributed by atoms with Crippen molar-refractivity contribution in [1.29, 1.82) is 0 Å². The highest BCUT2D eigenvalue weighted by molar-refractivity contribution is 7.89. The molecule has 1 saturated heterocycles. The van der Waals surface area contributed by atoms with Gasteiger partial charge in [-0.2, -0.15) is 0 Å². The summed E-state index contributed by atoms with van der Waals surface area (Å²) >= 11 is -0.952. The number of hydrogen-bond donors (Lipinski definition) is 1. The molecule has 2 heterocycles. The maximum atomic E-state index is 11.6. The van der Waals surface area contributed by atoms with Gasteiger partial charge >= 0.3 is 0 Å². The van der Waals surface area contributed by atoms with Crippen LogP contribution in [0.25, 0.3) is 11.4 Å². The van der Waals surface area contributed by atoms with Crippen molar-refractivity contribution < 1.29 is 9.29 Å². The Morgan fingerprint density at radius 1 is 1.22 bits per heavy atom. The fraction of sp³-hybridized carbons (Fsp3) is 0.375. The number of rotatable bonds is 4.